The molecule has 0 radical (unpaired) electrons. The van der Waals surface area contributed by atoms with E-state index in [0.717, 1.165) is 0 Å². The molecule has 0 fully saturated rings. The van der Waals surface area contributed by atoms with Gasteiger partial charge in [0.2, 0.25) is 0 Å². The number of rotatable bonds is 9. The van der Waals surface area contributed by atoms with Gasteiger partial charge in [0.1, 0.15) is 0 Å². The van der Waals surface area contributed by atoms with Crippen molar-refractivity contribution in [3.8, 4) is 0 Å². The molecule has 0 bridgehead atoms. The Hall–Kier alpha value is -0.710. The van der Waals surface area contributed by atoms with Crippen LogP contribution in [-0.2, 0) is 9.59 Å². The zero-order valence-electron chi connectivity index (χ0n) is 12.4. The minimum absolute atomic E-state index is 0.0639. The Morgan fingerprint density at radius 2 is 1.28 bits per heavy atom. The van der Waals surface area contributed by atoms with Gasteiger partial charge in [-0.1, -0.05) is 0 Å². The predicted molar refractivity (Wildman–Crippen MR) is 113 cm³/mol. The van der Waals surface area contributed by atoms with Gasteiger partial charge in [-0.15, -0.1) is 0 Å². The summed E-state index contributed by atoms with van der Waals surface area (Å²) in [5.74, 6) is -3.76. The third kappa shape index (κ3) is 5.90. The first-order chi connectivity index (χ1) is 11.6. The van der Waals surface area contributed by atoms with Crippen LogP contribution >= 0.6 is 67.8 Å². The molecule has 0 aromatic heterocycles. The first kappa shape index (κ1) is 22.3. The van der Waals surface area contributed by atoms with Gasteiger partial charge in [0.15, 0.2) is 5.78 Å². The molecule has 0 saturated heterocycles. The largest absolute Gasteiger partial charge is 0.481 e. The van der Waals surface area contributed by atoms with Crippen LogP contribution in [0.25, 0.3) is 0 Å². The number of hydrogen-bond donors (Lipinski definition) is 4. The normalized spacial score (nSPS) is 10.4. The highest BCUT2D eigenvalue weighted by Crippen LogP contribution is 2.35. The fourth-order valence-electron chi connectivity index (χ4n) is 1.91. The van der Waals surface area contributed by atoms with Gasteiger partial charge in [-0.25, -0.2) is 9.59 Å². The average Bonchev–Trinajstić information content (AvgIpc) is 2.45. The SMILES string of the molecule is O=C(O)CCCC(=O)CNc1c(I)c(C(=O)O)c(I)c(C(=O)O)c1I. The molecule has 25 heavy (non-hydrogen) atoms. The second-order valence-corrected chi connectivity index (χ2v) is 8.05. The van der Waals surface area contributed by atoms with Crippen molar-refractivity contribution in [2.24, 2.45) is 0 Å². The summed E-state index contributed by atoms with van der Waals surface area (Å²) < 4.78 is 0.731. The number of aliphatic carboxylic acids is 1. The molecule has 1 aromatic rings. The molecule has 8 nitrogen and oxygen atoms in total. The van der Waals surface area contributed by atoms with Gasteiger partial charge in [0.25, 0.3) is 0 Å². The molecule has 0 aliphatic heterocycles. The van der Waals surface area contributed by atoms with Crippen LogP contribution in [0.1, 0.15) is 40.0 Å². The van der Waals surface area contributed by atoms with Gasteiger partial charge in [0.05, 0.1) is 30.5 Å². The maximum absolute atomic E-state index is 11.8. The van der Waals surface area contributed by atoms with E-state index in [1.54, 1.807) is 67.8 Å². The van der Waals surface area contributed by atoms with Crippen molar-refractivity contribution >= 4 is 97.2 Å². The van der Waals surface area contributed by atoms with Crippen molar-refractivity contribution < 1.29 is 34.5 Å². The Kier molecular flexibility index (Phi) is 8.79. The molecular weight excluding hydrogens is 675 g/mol. The molecule has 4 N–H and O–H groups in total. The Morgan fingerprint density at radius 1 is 0.800 bits per heavy atom. The first-order valence-corrected chi connectivity index (χ1v) is 9.95. The average molecular weight is 687 g/mol. The number of carboxylic acid groups (broad SMARTS) is 3. The lowest BCUT2D eigenvalue weighted by Gasteiger charge is -2.16. The highest BCUT2D eigenvalue weighted by molar-refractivity contribution is 14.1. The maximum atomic E-state index is 11.8. The lowest BCUT2D eigenvalue weighted by Crippen LogP contribution is -2.19. The van der Waals surface area contributed by atoms with Crippen LogP contribution in [0.2, 0.25) is 0 Å². The number of ketones is 1. The van der Waals surface area contributed by atoms with E-state index in [4.69, 9.17) is 5.11 Å². The zero-order valence-corrected chi connectivity index (χ0v) is 18.9. The number of nitrogens with one attached hydrogen (secondary N) is 1. The summed E-state index contributed by atoms with van der Waals surface area (Å²) >= 11 is 5.28. The van der Waals surface area contributed by atoms with Gasteiger partial charge >= 0.3 is 17.9 Å². The number of anilines is 1. The van der Waals surface area contributed by atoms with E-state index < -0.39 is 17.9 Å². The minimum Gasteiger partial charge on any atom is -0.481 e. The van der Waals surface area contributed by atoms with Crippen LogP contribution < -0.4 is 5.32 Å². The van der Waals surface area contributed by atoms with E-state index in [9.17, 15) is 29.4 Å². The van der Waals surface area contributed by atoms with Gasteiger partial charge in [-0.2, -0.15) is 0 Å². The van der Waals surface area contributed by atoms with Crippen LogP contribution in [-0.4, -0.2) is 45.6 Å². The molecule has 11 heteroatoms. The maximum Gasteiger partial charge on any atom is 0.337 e. The van der Waals surface area contributed by atoms with E-state index in [1.807, 2.05) is 0 Å². The predicted octanol–water partition coefficient (Wildman–Crippen LogP) is 3.13. The first-order valence-electron chi connectivity index (χ1n) is 6.72. The summed E-state index contributed by atoms with van der Waals surface area (Å²) in [4.78, 5) is 45.2. The quantitative estimate of drug-likeness (QED) is 0.291. The smallest absolute Gasteiger partial charge is 0.337 e. The summed E-state index contributed by atoms with van der Waals surface area (Å²) in [7, 11) is 0. The molecule has 1 rings (SSSR count). The lowest BCUT2D eigenvalue weighted by atomic mass is 10.1. The number of halogens is 3. The fraction of sp³-hybridized carbons (Fsp3) is 0.286. The topological polar surface area (TPSA) is 141 Å². The Morgan fingerprint density at radius 3 is 1.68 bits per heavy atom. The Bertz CT molecular complexity index is 707. The van der Waals surface area contributed by atoms with Crippen LogP contribution in [0.3, 0.4) is 0 Å². The van der Waals surface area contributed by atoms with Gasteiger partial charge < -0.3 is 20.6 Å². The molecule has 0 unspecified atom stereocenters. The molecular formula is C14H12I3NO7. The van der Waals surface area contributed by atoms with Crippen molar-refractivity contribution in [1.29, 1.82) is 0 Å². The van der Waals surface area contributed by atoms with Crippen molar-refractivity contribution in [2.75, 3.05) is 11.9 Å². The molecule has 136 valence electrons. The van der Waals surface area contributed by atoms with Crippen molar-refractivity contribution in [1.82, 2.24) is 0 Å². The van der Waals surface area contributed by atoms with Gasteiger partial charge in [0, 0.05) is 16.4 Å². The van der Waals surface area contributed by atoms with E-state index >= 15 is 0 Å². The summed E-state index contributed by atoms with van der Waals surface area (Å²) in [6.45, 7) is -0.148. The molecule has 0 aliphatic rings. The van der Waals surface area contributed by atoms with Crippen LogP contribution in [0.4, 0.5) is 5.69 Å². The summed E-state index contributed by atoms with van der Waals surface area (Å²) in [5, 5.41) is 30.1. The van der Waals surface area contributed by atoms with E-state index in [2.05, 4.69) is 5.32 Å². The van der Waals surface area contributed by atoms with Crippen molar-refractivity contribution in [3.63, 3.8) is 0 Å². The number of aromatic carboxylic acids is 2. The van der Waals surface area contributed by atoms with Crippen LogP contribution in [0.15, 0.2) is 0 Å². The second kappa shape index (κ2) is 9.84. The number of Topliss-reactive ketones (excluding diaryl/α,β-unsaturated/α-hetero) is 1. The molecule has 0 saturated carbocycles. The van der Waals surface area contributed by atoms with Gasteiger partial charge in [-0.3, -0.25) is 9.59 Å². The molecule has 0 spiro atoms. The number of carbonyl (C=O) groups is 4. The monoisotopic (exact) mass is 687 g/mol. The standard InChI is InChI=1S/C14H12I3NO7/c15-9-7(13(22)23)10(16)12(11(17)8(9)14(24)25)18-4-5(19)2-1-3-6(20)21/h18H,1-4H2,(H,20,21)(H,22,23)(H,24,25). The number of carboxylic acids is 3. The molecule has 0 amide bonds. The Balaban J connectivity index is 3.11. The summed E-state index contributed by atoms with van der Waals surface area (Å²) in [6.07, 6.45) is 0.155. The van der Waals surface area contributed by atoms with E-state index in [-0.39, 0.29) is 52.0 Å². The zero-order chi connectivity index (χ0) is 19.3. The molecule has 0 heterocycles. The van der Waals surface area contributed by atoms with Crippen LogP contribution in [0.5, 0.6) is 0 Å². The second-order valence-electron chi connectivity index (χ2n) is 4.82. The molecule has 0 aliphatic carbocycles. The van der Waals surface area contributed by atoms with Crippen molar-refractivity contribution in [3.05, 3.63) is 21.8 Å². The summed E-state index contributed by atoms with van der Waals surface area (Å²) in [6, 6.07) is 0. The third-order valence-electron chi connectivity index (χ3n) is 3.05. The number of carbonyl (C=O) groups excluding carboxylic acids is 1. The third-order valence-corrected chi connectivity index (χ3v) is 6.29. The van der Waals surface area contributed by atoms with E-state index in [0.29, 0.717) is 7.14 Å². The number of hydrogen-bond acceptors (Lipinski definition) is 5. The fourth-order valence-corrected chi connectivity index (χ4v) is 6.38. The minimum atomic E-state index is -1.26. The Labute approximate surface area is 183 Å². The highest BCUT2D eigenvalue weighted by atomic mass is 127. The summed E-state index contributed by atoms with van der Waals surface area (Å²) in [5.41, 5.74) is -0.0114. The van der Waals surface area contributed by atoms with Gasteiger partial charge in [-0.05, 0) is 74.2 Å². The lowest BCUT2D eigenvalue weighted by molar-refractivity contribution is -0.137. The van der Waals surface area contributed by atoms with Crippen LogP contribution in [0, 0.1) is 10.7 Å². The van der Waals surface area contributed by atoms with Crippen molar-refractivity contribution in [2.45, 2.75) is 19.3 Å². The number of benzene rings is 1. The molecule has 1 aromatic carbocycles. The van der Waals surface area contributed by atoms with E-state index in [1.165, 1.54) is 0 Å². The molecule has 0 atom stereocenters. The highest BCUT2D eigenvalue weighted by Gasteiger charge is 2.27.